The highest BCUT2D eigenvalue weighted by atomic mass is 32.1. The standard InChI is InChI=1S/C16H16N2O5S/c1-9(19)13-4-5-14(24-13)16(21)18-17-15(20)10-6-11(22-2)8-12(7-10)23-3/h4-8H,1-3H3,(H,17,20)(H,18,21). The van der Waals surface area contributed by atoms with E-state index in [2.05, 4.69) is 10.9 Å². The average Bonchev–Trinajstić information content (AvgIpc) is 3.09. The molecule has 0 bridgehead atoms. The summed E-state index contributed by atoms with van der Waals surface area (Å²) in [5.41, 5.74) is 4.88. The molecular formula is C16H16N2O5S. The van der Waals surface area contributed by atoms with E-state index in [0.29, 0.717) is 21.3 Å². The van der Waals surface area contributed by atoms with Crippen LogP contribution >= 0.6 is 11.3 Å². The van der Waals surface area contributed by atoms with Gasteiger partial charge >= 0.3 is 0 Å². The monoisotopic (exact) mass is 348 g/mol. The Morgan fingerprint density at radius 3 is 1.92 bits per heavy atom. The number of thiophene rings is 1. The van der Waals surface area contributed by atoms with Crippen molar-refractivity contribution in [2.75, 3.05) is 14.2 Å². The Labute approximate surface area is 142 Å². The molecule has 2 amide bonds. The highest BCUT2D eigenvalue weighted by molar-refractivity contribution is 7.15. The van der Waals surface area contributed by atoms with Gasteiger partial charge in [-0.1, -0.05) is 0 Å². The summed E-state index contributed by atoms with van der Waals surface area (Å²) in [7, 11) is 2.95. The number of nitrogens with one attached hydrogen (secondary N) is 2. The zero-order valence-corrected chi connectivity index (χ0v) is 14.2. The lowest BCUT2D eigenvalue weighted by molar-refractivity contribution is 0.0848. The van der Waals surface area contributed by atoms with Gasteiger partial charge in [0.25, 0.3) is 11.8 Å². The van der Waals surface area contributed by atoms with E-state index in [1.54, 1.807) is 12.1 Å². The number of amides is 2. The highest BCUT2D eigenvalue weighted by Crippen LogP contribution is 2.22. The lowest BCUT2D eigenvalue weighted by Gasteiger charge is -2.09. The van der Waals surface area contributed by atoms with E-state index in [1.165, 1.54) is 39.3 Å². The van der Waals surface area contributed by atoms with E-state index in [4.69, 9.17) is 9.47 Å². The summed E-state index contributed by atoms with van der Waals surface area (Å²) >= 11 is 1.06. The number of carbonyl (C=O) groups excluding carboxylic acids is 3. The molecule has 0 aliphatic rings. The second kappa shape index (κ2) is 7.60. The number of carbonyl (C=O) groups is 3. The van der Waals surface area contributed by atoms with Crippen LogP contribution in [0.3, 0.4) is 0 Å². The number of ketones is 1. The number of hydrazine groups is 1. The summed E-state index contributed by atoms with van der Waals surface area (Å²) in [5.74, 6) is -0.239. The molecule has 8 heteroatoms. The normalized spacial score (nSPS) is 9.96. The van der Waals surface area contributed by atoms with E-state index in [1.807, 2.05) is 0 Å². The second-order valence-corrected chi connectivity index (χ2v) is 5.81. The third kappa shape index (κ3) is 4.11. The van der Waals surface area contributed by atoms with Gasteiger partial charge in [-0.15, -0.1) is 11.3 Å². The van der Waals surface area contributed by atoms with E-state index in [9.17, 15) is 14.4 Å². The SMILES string of the molecule is COc1cc(OC)cc(C(=O)NNC(=O)c2ccc(C(C)=O)s2)c1. The van der Waals surface area contributed by atoms with Crippen molar-refractivity contribution in [3.8, 4) is 11.5 Å². The minimum Gasteiger partial charge on any atom is -0.497 e. The first kappa shape index (κ1) is 17.5. The molecule has 1 aromatic heterocycles. The molecule has 0 atom stereocenters. The van der Waals surface area contributed by atoms with Crippen molar-refractivity contribution in [1.82, 2.24) is 10.9 Å². The van der Waals surface area contributed by atoms with Gasteiger partial charge in [0.15, 0.2) is 5.78 Å². The summed E-state index contributed by atoms with van der Waals surface area (Å²) in [5, 5.41) is 0. The lowest BCUT2D eigenvalue weighted by atomic mass is 10.2. The number of hydrogen-bond donors (Lipinski definition) is 2. The van der Waals surface area contributed by atoms with Crippen LogP contribution in [-0.2, 0) is 0 Å². The Bertz CT molecular complexity index is 762. The van der Waals surface area contributed by atoms with Gasteiger partial charge in [0, 0.05) is 11.6 Å². The van der Waals surface area contributed by atoms with Crippen molar-refractivity contribution >= 4 is 28.9 Å². The van der Waals surface area contributed by atoms with Crippen molar-refractivity contribution in [2.45, 2.75) is 6.92 Å². The van der Waals surface area contributed by atoms with Crippen LogP contribution in [0.15, 0.2) is 30.3 Å². The fourth-order valence-corrected chi connectivity index (χ4v) is 2.63. The Balaban J connectivity index is 2.04. The van der Waals surface area contributed by atoms with Gasteiger partial charge in [0.2, 0.25) is 0 Å². The second-order valence-electron chi connectivity index (χ2n) is 4.73. The molecule has 126 valence electrons. The smallest absolute Gasteiger partial charge is 0.279 e. The summed E-state index contributed by atoms with van der Waals surface area (Å²) < 4.78 is 10.2. The molecule has 24 heavy (non-hydrogen) atoms. The molecule has 1 aromatic carbocycles. The van der Waals surface area contributed by atoms with Gasteiger partial charge in [-0.25, -0.2) is 0 Å². The summed E-state index contributed by atoms with van der Waals surface area (Å²) in [4.78, 5) is 36.2. The van der Waals surface area contributed by atoms with Gasteiger partial charge in [-0.3, -0.25) is 25.2 Å². The Morgan fingerprint density at radius 1 is 0.875 bits per heavy atom. The van der Waals surface area contributed by atoms with Crippen LogP contribution < -0.4 is 20.3 Å². The number of methoxy groups -OCH3 is 2. The van der Waals surface area contributed by atoms with Crippen molar-refractivity contribution in [3.63, 3.8) is 0 Å². The fraction of sp³-hybridized carbons (Fsp3) is 0.188. The van der Waals surface area contributed by atoms with Crippen LogP contribution in [0.2, 0.25) is 0 Å². The summed E-state index contributed by atoms with van der Waals surface area (Å²) in [6.45, 7) is 1.42. The van der Waals surface area contributed by atoms with Gasteiger partial charge in [0.05, 0.1) is 24.0 Å². The van der Waals surface area contributed by atoms with Gasteiger partial charge < -0.3 is 9.47 Å². The summed E-state index contributed by atoms with van der Waals surface area (Å²) in [6.07, 6.45) is 0. The Kier molecular flexibility index (Phi) is 5.54. The van der Waals surface area contributed by atoms with Crippen LogP contribution in [0.25, 0.3) is 0 Å². The molecule has 0 spiro atoms. The van der Waals surface area contributed by atoms with Crippen molar-refractivity contribution < 1.29 is 23.9 Å². The number of hydrogen-bond acceptors (Lipinski definition) is 6. The lowest BCUT2D eigenvalue weighted by Crippen LogP contribution is -2.41. The van der Waals surface area contributed by atoms with Crippen LogP contribution in [-0.4, -0.2) is 31.8 Å². The van der Waals surface area contributed by atoms with Gasteiger partial charge in [-0.2, -0.15) is 0 Å². The van der Waals surface area contributed by atoms with Crippen LogP contribution in [0.4, 0.5) is 0 Å². The molecule has 2 aromatic rings. The maximum atomic E-state index is 12.1. The predicted molar refractivity (Wildman–Crippen MR) is 88.8 cm³/mol. The number of ether oxygens (including phenoxy) is 2. The molecule has 0 saturated heterocycles. The first-order valence-corrected chi connectivity index (χ1v) is 7.70. The van der Waals surface area contributed by atoms with E-state index in [-0.39, 0.29) is 11.3 Å². The third-order valence-electron chi connectivity index (χ3n) is 3.08. The van der Waals surface area contributed by atoms with Crippen molar-refractivity contribution in [1.29, 1.82) is 0 Å². The van der Waals surface area contributed by atoms with Gasteiger partial charge in [0.1, 0.15) is 11.5 Å². The first-order valence-electron chi connectivity index (χ1n) is 6.89. The zero-order valence-electron chi connectivity index (χ0n) is 13.3. The first-order chi connectivity index (χ1) is 11.4. The Morgan fingerprint density at radius 2 is 1.42 bits per heavy atom. The number of Topliss-reactive ketones (excluding diaryl/α,β-unsaturated/α-hetero) is 1. The molecular weight excluding hydrogens is 332 g/mol. The quantitative estimate of drug-likeness (QED) is 0.637. The minimum absolute atomic E-state index is 0.119. The average molecular weight is 348 g/mol. The maximum Gasteiger partial charge on any atom is 0.279 e. The van der Waals surface area contributed by atoms with Crippen molar-refractivity contribution in [3.05, 3.63) is 45.6 Å². The molecule has 0 radical (unpaired) electrons. The van der Waals surface area contributed by atoms with Crippen molar-refractivity contribution in [2.24, 2.45) is 0 Å². The molecule has 2 rings (SSSR count). The number of rotatable bonds is 5. The molecule has 0 fully saturated rings. The fourth-order valence-electron chi connectivity index (χ4n) is 1.83. The zero-order chi connectivity index (χ0) is 17.7. The van der Waals surface area contributed by atoms with Crippen LogP contribution in [0.5, 0.6) is 11.5 Å². The molecule has 0 aliphatic carbocycles. The number of benzene rings is 1. The van der Waals surface area contributed by atoms with E-state index >= 15 is 0 Å². The van der Waals surface area contributed by atoms with Crippen LogP contribution in [0.1, 0.15) is 36.6 Å². The molecule has 7 nitrogen and oxygen atoms in total. The maximum absolute atomic E-state index is 12.1. The third-order valence-corrected chi connectivity index (χ3v) is 4.26. The molecule has 0 aliphatic heterocycles. The topological polar surface area (TPSA) is 93.7 Å². The van der Waals surface area contributed by atoms with Gasteiger partial charge in [-0.05, 0) is 31.2 Å². The van der Waals surface area contributed by atoms with Crippen LogP contribution in [0, 0.1) is 0 Å². The highest BCUT2D eigenvalue weighted by Gasteiger charge is 2.14. The Hall–Kier alpha value is -2.87. The van der Waals surface area contributed by atoms with E-state index in [0.717, 1.165) is 11.3 Å². The largest absolute Gasteiger partial charge is 0.497 e. The molecule has 2 N–H and O–H groups in total. The molecule has 1 heterocycles. The predicted octanol–water partition coefficient (Wildman–Crippen LogP) is 2.04. The van der Waals surface area contributed by atoms with E-state index < -0.39 is 11.8 Å². The molecule has 0 unspecified atom stereocenters. The summed E-state index contributed by atoms with van der Waals surface area (Å²) in [6, 6.07) is 7.75. The minimum atomic E-state index is -0.524. The molecule has 0 saturated carbocycles.